The van der Waals surface area contributed by atoms with Crippen LogP contribution in [-0.4, -0.2) is 32.5 Å². The summed E-state index contributed by atoms with van der Waals surface area (Å²) in [5.74, 6) is 0.519. The third-order valence-electron chi connectivity index (χ3n) is 5.13. The molecule has 25 heavy (non-hydrogen) atoms. The Kier molecular flexibility index (Phi) is 4.21. The zero-order valence-corrected chi connectivity index (χ0v) is 15.1. The summed E-state index contributed by atoms with van der Waals surface area (Å²) in [6.07, 6.45) is 3.97. The lowest BCUT2D eigenvalue weighted by molar-refractivity contribution is 0.0844. The number of hydrogen-bond acceptors (Lipinski definition) is 4. The van der Waals surface area contributed by atoms with Gasteiger partial charge in [0.25, 0.3) is 0 Å². The molecule has 6 heteroatoms. The van der Waals surface area contributed by atoms with Gasteiger partial charge in [0.05, 0.1) is 34.8 Å². The van der Waals surface area contributed by atoms with Gasteiger partial charge in [-0.25, -0.2) is 4.98 Å². The molecule has 1 aliphatic heterocycles. The Balaban J connectivity index is 1.53. The van der Waals surface area contributed by atoms with Gasteiger partial charge in [-0.1, -0.05) is 0 Å². The lowest BCUT2D eigenvalue weighted by atomic mass is 9.96. The van der Waals surface area contributed by atoms with E-state index in [0.717, 1.165) is 42.8 Å². The fourth-order valence-corrected chi connectivity index (χ4v) is 3.65. The fraction of sp³-hybridized carbons (Fsp3) is 0.474. The van der Waals surface area contributed by atoms with Crippen LogP contribution in [0.3, 0.4) is 0 Å². The largest absolute Gasteiger partial charge is 0.381 e. The highest BCUT2D eigenvalue weighted by Gasteiger charge is 2.21. The summed E-state index contributed by atoms with van der Waals surface area (Å²) in [6.45, 7) is 3.86. The van der Waals surface area contributed by atoms with Gasteiger partial charge >= 0.3 is 0 Å². The van der Waals surface area contributed by atoms with Crippen LogP contribution in [-0.2, 0) is 18.8 Å². The Morgan fingerprint density at radius 2 is 2.00 bits per heavy atom. The van der Waals surface area contributed by atoms with Crippen molar-refractivity contribution in [1.82, 2.24) is 19.3 Å². The summed E-state index contributed by atoms with van der Waals surface area (Å²) in [4.78, 5) is 4.44. The maximum atomic E-state index is 5.47. The molecule has 1 unspecified atom stereocenters. The molecule has 1 aliphatic rings. The number of fused-ring (bicyclic) bond motifs is 1. The molecule has 1 aromatic carbocycles. The smallest absolute Gasteiger partial charge is 0.0955 e. The minimum Gasteiger partial charge on any atom is -0.381 e. The summed E-state index contributed by atoms with van der Waals surface area (Å²) in [7, 11) is 4.04. The SMILES string of the molecule is CC(Nc1ccc2c(c1)ncn2C)c1cc(C2CCOCC2)nn1C. The highest BCUT2D eigenvalue weighted by atomic mass is 16.5. The van der Waals surface area contributed by atoms with E-state index in [0.29, 0.717) is 5.92 Å². The van der Waals surface area contributed by atoms with E-state index in [1.165, 1.54) is 11.4 Å². The number of imidazole rings is 1. The summed E-state index contributed by atoms with van der Waals surface area (Å²) in [5.41, 5.74) is 5.61. The van der Waals surface area contributed by atoms with Crippen molar-refractivity contribution in [3.63, 3.8) is 0 Å². The van der Waals surface area contributed by atoms with Crippen molar-refractivity contribution < 1.29 is 4.74 Å². The van der Waals surface area contributed by atoms with E-state index >= 15 is 0 Å². The maximum absolute atomic E-state index is 5.47. The number of hydrogen-bond donors (Lipinski definition) is 1. The summed E-state index contributed by atoms with van der Waals surface area (Å²) in [5, 5.41) is 8.34. The van der Waals surface area contributed by atoms with Gasteiger partial charge in [0.2, 0.25) is 0 Å². The third kappa shape index (κ3) is 3.14. The molecule has 1 atom stereocenters. The van der Waals surface area contributed by atoms with Crippen LogP contribution < -0.4 is 5.32 Å². The molecule has 0 spiro atoms. The lowest BCUT2D eigenvalue weighted by Gasteiger charge is -2.19. The molecule has 3 aromatic rings. The predicted octanol–water partition coefficient (Wildman–Crippen LogP) is 3.37. The second kappa shape index (κ2) is 6.52. The number of rotatable bonds is 4. The molecule has 132 valence electrons. The average molecular weight is 339 g/mol. The molecule has 0 amide bonds. The van der Waals surface area contributed by atoms with E-state index in [4.69, 9.17) is 9.84 Å². The zero-order valence-electron chi connectivity index (χ0n) is 15.1. The standard InChI is InChI=1S/C19H25N5O/c1-13(21-15-4-5-18-17(10-15)20-12-23(18)2)19-11-16(22-24(19)3)14-6-8-25-9-7-14/h4-5,10-14,21H,6-9H2,1-3H3. The van der Waals surface area contributed by atoms with Crippen LogP contribution >= 0.6 is 0 Å². The van der Waals surface area contributed by atoms with Crippen LogP contribution in [0.2, 0.25) is 0 Å². The van der Waals surface area contributed by atoms with Gasteiger partial charge in [0, 0.05) is 38.9 Å². The van der Waals surface area contributed by atoms with Crippen LogP contribution in [0.5, 0.6) is 0 Å². The lowest BCUT2D eigenvalue weighted by Crippen LogP contribution is -2.14. The molecule has 3 heterocycles. The van der Waals surface area contributed by atoms with E-state index < -0.39 is 0 Å². The average Bonchev–Trinajstić information content (AvgIpc) is 3.19. The molecule has 0 radical (unpaired) electrons. The normalized spacial score (nSPS) is 17.1. The highest BCUT2D eigenvalue weighted by molar-refractivity contribution is 5.79. The molecule has 1 fully saturated rings. The van der Waals surface area contributed by atoms with Crippen molar-refractivity contribution in [1.29, 1.82) is 0 Å². The molecule has 0 saturated carbocycles. The first-order valence-corrected chi connectivity index (χ1v) is 8.91. The van der Waals surface area contributed by atoms with Crippen molar-refractivity contribution >= 4 is 16.7 Å². The van der Waals surface area contributed by atoms with Gasteiger partial charge in [-0.3, -0.25) is 4.68 Å². The molecule has 6 nitrogen and oxygen atoms in total. The number of nitrogens with zero attached hydrogens (tertiary/aromatic N) is 4. The Hall–Kier alpha value is -2.34. The predicted molar refractivity (Wildman–Crippen MR) is 98.8 cm³/mol. The zero-order chi connectivity index (χ0) is 17.4. The quantitative estimate of drug-likeness (QED) is 0.792. The number of nitrogens with one attached hydrogen (secondary N) is 1. The van der Waals surface area contributed by atoms with Crippen LogP contribution in [0.4, 0.5) is 5.69 Å². The van der Waals surface area contributed by atoms with Gasteiger partial charge in [-0.15, -0.1) is 0 Å². The molecular weight excluding hydrogens is 314 g/mol. The van der Waals surface area contributed by atoms with E-state index in [1.807, 2.05) is 29.7 Å². The number of ether oxygens (including phenoxy) is 1. The second-order valence-electron chi connectivity index (χ2n) is 6.93. The molecule has 2 aromatic heterocycles. The Bertz CT molecular complexity index is 875. The monoisotopic (exact) mass is 339 g/mol. The van der Waals surface area contributed by atoms with Crippen molar-refractivity contribution in [3.05, 3.63) is 42.0 Å². The van der Waals surface area contributed by atoms with Crippen molar-refractivity contribution in [2.75, 3.05) is 18.5 Å². The second-order valence-corrected chi connectivity index (χ2v) is 6.93. The summed E-state index contributed by atoms with van der Waals surface area (Å²) in [6, 6.07) is 8.73. The van der Waals surface area contributed by atoms with Gasteiger partial charge < -0.3 is 14.6 Å². The summed E-state index contributed by atoms with van der Waals surface area (Å²) < 4.78 is 9.50. The topological polar surface area (TPSA) is 56.9 Å². The van der Waals surface area contributed by atoms with Crippen LogP contribution in [0.25, 0.3) is 11.0 Å². The molecular formula is C19H25N5O. The van der Waals surface area contributed by atoms with E-state index in [2.05, 4.69) is 41.5 Å². The Morgan fingerprint density at radius 1 is 1.20 bits per heavy atom. The van der Waals surface area contributed by atoms with Crippen LogP contribution in [0, 0.1) is 0 Å². The van der Waals surface area contributed by atoms with Crippen molar-refractivity contribution in [2.24, 2.45) is 14.1 Å². The van der Waals surface area contributed by atoms with Crippen LogP contribution in [0.1, 0.15) is 43.1 Å². The summed E-state index contributed by atoms with van der Waals surface area (Å²) >= 11 is 0. The van der Waals surface area contributed by atoms with Gasteiger partial charge in [0.15, 0.2) is 0 Å². The fourth-order valence-electron chi connectivity index (χ4n) is 3.65. The van der Waals surface area contributed by atoms with Gasteiger partial charge in [0.1, 0.15) is 0 Å². The Labute approximate surface area is 147 Å². The van der Waals surface area contributed by atoms with Gasteiger partial charge in [-0.2, -0.15) is 5.10 Å². The highest BCUT2D eigenvalue weighted by Crippen LogP contribution is 2.29. The van der Waals surface area contributed by atoms with E-state index in [1.54, 1.807) is 0 Å². The van der Waals surface area contributed by atoms with Gasteiger partial charge in [-0.05, 0) is 44.0 Å². The van der Waals surface area contributed by atoms with E-state index in [-0.39, 0.29) is 6.04 Å². The number of anilines is 1. The van der Waals surface area contributed by atoms with Crippen LogP contribution in [0.15, 0.2) is 30.6 Å². The number of aromatic nitrogens is 4. The van der Waals surface area contributed by atoms with E-state index in [9.17, 15) is 0 Å². The third-order valence-corrected chi connectivity index (χ3v) is 5.13. The molecule has 4 rings (SSSR count). The first kappa shape index (κ1) is 16.1. The minimum atomic E-state index is 0.173. The molecule has 1 N–H and O–H groups in total. The Morgan fingerprint density at radius 3 is 2.80 bits per heavy atom. The molecule has 0 bridgehead atoms. The van der Waals surface area contributed by atoms with Crippen molar-refractivity contribution in [2.45, 2.75) is 31.7 Å². The first-order valence-electron chi connectivity index (χ1n) is 8.91. The number of benzene rings is 1. The number of aryl methyl sites for hydroxylation is 2. The first-order chi connectivity index (χ1) is 12.1. The molecule has 1 saturated heterocycles. The van der Waals surface area contributed by atoms with Crippen molar-refractivity contribution in [3.8, 4) is 0 Å². The maximum Gasteiger partial charge on any atom is 0.0955 e. The molecule has 0 aliphatic carbocycles. The minimum absolute atomic E-state index is 0.173.